The maximum atomic E-state index is 13.5. The number of rotatable bonds is 6. The number of nitrogens with one attached hydrogen (secondary N) is 1. The van der Waals surface area contributed by atoms with Crippen LogP contribution in [0.25, 0.3) is 0 Å². The number of halogens is 3. The molecule has 28 heavy (non-hydrogen) atoms. The Morgan fingerprint density at radius 1 is 1.36 bits per heavy atom. The average Bonchev–Trinajstić information content (AvgIpc) is 2.53. The van der Waals surface area contributed by atoms with Crippen molar-refractivity contribution >= 4 is 17.5 Å². The molecule has 1 aromatic rings. The third-order valence-electron chi connectivity index (χ3n) is 6.45. The van der Waals surface area contributed by atoms with Gasteiger partial charge in [-0.25, -0.2) is 8.78 Å². The molecule has 2 fully saturated rings. The van der Waals surface area contributed by atoms with Crippen molar-refractivity contribution in [2.24, 2.45) is 17.8 Å². The van der Waals surface area contributed by atoms with Crippen molar-refractivity contribution in [3.05, 3.63) is 46.0 Å². The summed E-state index contributed by atoms with van der Waals surface area (Å²) in [5, 5.41) is 3.69. The van der Waals surface area contributed by atoms with Crippen LogP contribution < -0.4 is 5.32 Å². The highest BCUT2D eigenvalue weighted by Gasteiger charge is 2.50. The summed E-state index contributed by atoms with van der Waals surface area (Å²) in [7, 11) is 0. The lowest BCUT2D eigenvalue weighted by atomic mass is 9.67. The van der Waals surface area contributed by atoms with E-state index in [4.69, 9.17) is 11.6 Å². The standard InChI is InChI=1S/C23H30ClF2NO/c1-5-20(18-12-23(25,26)13-18)22(4,27-15(3)28)19-7-6-17(21(24)11-19)10-16-8-14(2)9-16/h5-7,11,14,16,18H,8-10,12-13H2,1-4H3,(H,27,28)/b20-5-. The molecule has 0 radical (unpaired) electrons. The van der Waals surface area contributed by atoms with Crippen molar-refractivity contribution in [3.8, 4) is 0 Å². The van der Waals surface area contributed by atoms with E-state index in [0.29, 0.717) is 10.9 Å². The van der Waals surface area contributed by atoms with Gasteiger partial charge in [-0.2, -0.15) is 0 Å². The topological polar surface area (TPSA) is 29.1 Å². The van der Waals surface area contributed by atoms with Gasteiger partial charge in [-0.1, -0.05) is 36.7 Å². The molecule has 1 amide bonds. The summed E-state index contributed by atoms with van der Waals surface area (Å²) >= 11 is 6.60. The second-order valence-corrected chi connectivity index (χ2v) is 9.37. The molecular formula is C23H30ClF2NO. The number of alkyl halides is 2. The predicted molar refractivity (Wildman–Crippen MR) is 110 cm³/mol. The van der Waals surface area contributed by atoms with E-state index in [1.54, 1.807) is 0 Å². The quantitative estimate of drug-likeness (QED) is 0.551. The molecule has 1 atom stereocenters. The Hall–Kier alpha value is -1.42. The monoisotopic (exact) mass is 409 g/mol. The fourth-order valence-corrected chi connectivity index (χ4v) is 5.31. The first kappa shape index (κ1) is 21.3. The Kier molecular flexibility index (Phi) is 5.91. The van der Waals surface area contributed by atoms with Crippen LogP contribution in [0, 0.1) is 17.8 Å². The Morgan fingerprint density at radius 2 is 2.00 bits per heavy atom. The van der Waals surface area contributed by atoms with Gasteiger partial charge in [-0.3, -0.25) is 4.79 Å². The van der Waals surface area contributed by atoms with Crippen molar-refractivity contribution in [1.82, 2.24) is 5.32 Å². The molecule has 1 aromatic carbocycles. The third kappa shape index (κ3) is 4.27. The lowest BCUT2D eigenvalue weighted by Crippen LogP contribution is -2.49. The highest BCUT2D eigenvalue weighted by Crippen LogP contribution is 2.50. The van der Waals surface area contributed by atoms with Crippen LogP contribution in [0.4, 0.5) is 8.78 Å². The zero-order chi connectivity index (χ0) is 20.7. The van der Waals surface area contributed by atoms with Gasteiger partial charge < -0.3 is 5.32 Å². The minimum atomic E-state index is -2.61. The van der Waals surface area contributed by atoms with Crippen LogP contribution in [0.2, 0.25) is 5.02 Å². The summed E-state index contributed by atoms with van der Waals surface area (Å²) in [5.41, 5.74) is 1.92. The summed E-state index contributed by atoms with van der Waals surface area (Å²) in [4.78, 5) is 12.0. The average molecular weight is 410 g/mol. The molecule has 2 saturated carbocycles. The lowest BCUT2D eigenvalue weighted by molar-refractivity contribution is -0.121. The molecule has 0 aromatic heterocycles. The molecule has 1 N–H and O–H groups in total. The fraction of sp³-hybridized carbons (Fsp3) is 0.609. The summed E-state index contributed by atoms with van der Waals surface area (Å²) in [6.45, 7) is 7.45. The van der Waals surface area contributed by atoms with E-state index in [1.165, 1.54) is 19.8 Å². The first-order valence-corrected chi connectivity index (χ1v) is 10.5. The van der Waals surface area contributed by atoms with Gasteiger partial charge >= 0.3 is 0 Å². The number of allylic oxidation sites excluding steroid dienone is 1. The van der Waals surface area contributed by atoms with Crippen LogP contribution in [-0.2, 0) is 16.8 Å². The molecule has 2 aliphatic carbocycles. The van der Waals surface area contributed by atoms with Gasteiger partial charge in [0.1, 0.15) is 0 Å². The second kappa shape index (κ2) is 7.78. The normalized spacial score (nSPS) is 26.8. The summed E-state index contributed by atoms with van der Waals surface area (Å²) in [5.74, 6) is -1.58. The van der Waals surface area contributed by atoms with Crippen molar-refractivity contribution in [3.63, 3.8) is 0 Å². The van der Waals surface area contributed by atoms with Crippen LogP contribution in [0.3, 0.4) is 0 Å². The molecule has 1 unspecified atom stereocenters. The van der Waals surface area contributed by atoms with Gasteiger partial charge in [0.15, 0.2) is 0 Å². The molecule has 0 heterocycles. The van der Waals surface area contributed by atoms with Crippen LogP contribution in [-0.4, -0.2) is 11.8 Å². The lowest BCUT2D eigenvalue weighted by Gasteiger charge is -2.44. The first-order valence-electron chi connectivity index (χ1n) is 10.2. The van der Waals surface area contributed by atoms with Crippen molar-refractivity contribution < 1.29 is 13.6 Å². The molecule has 154 valence electrons. The molecule has 0 bridgehead atoms. The minimum Gasteiger partial charge on any atom is -0.343 e. The minimum absolute atomic E-state index is 0.173. The van der Waals surface area contributed by atoms with Crippen LogP contribution in [0.5, 0.6) is 0 Å². The highest BCUT2D eigenvalue weighted by atomic mass is 35.5. The molecule has 0 spiro atoms. The Labute approximate surface area is 171 Å². The van der Waals surface area contributed by atoms with Gasteiger partial charge in [0.25, 0.3) is 0 Å². The van der Waals surface area contributed by atoms with Crippen molar-refractivity contribution in [2.45, 2.75) is 71.3 Å². The van der Waals surface area contributed by atoms with Crippen LogP contribution >= 0.6 is 11.6 Å². The number of hydrogen-bond donors (Lipinski definition) is 1. The Morgan fingerprint density at radius 3 is 2.46 bits per heavy atom. The second-order valence-electron chi connectivity index (χ2n) is 8.96. The SMILES string of the molecule is C/C=C(/C1CC(F)(F)C1)C(C)(NC(C)=O)c1ccc(CC2CC(C)C2)c(Cl)c1. The number of carbonyl (C=O) groups excluding carboxylic acids is 1. The van der Waals surface area contributed by atoms with Gasteiger partial charge in [-0.15, -0.1) is 0 Å². The number of carbonyl (C=O) groups is 1. The number of amides is 1. The zero-order valence-electron chi connectivity index (χ0n) is 17.1. The first-order chi connectivity index (χ1) is 13.0. The smallest absolute Gasteiger partial charge is 0.249 e. The third-order valence-corrected chi connectivity index (χ3v) is 6.81. The maximum Gasteiger partial charge on any atom is 0.249 e. The molecule has 3 rings (SSSR count). The van der Waals surface area contributed by atoms with Gasteiger partial charge in [0, 0.05) is 24.8 Å². The van der Waals surface area contributed by atoms with Crippen molar-refractivity contribution in [1.29, 1.82) is 0 Å². The van der Waals surface area contributed by atoms with E-state index in [2.05, 4.69) is 12.2 Å². The molecular weight excluding hydrogens is 380 g/mol. The van der Waals surface area contributed by atoms with E-state index in [0.717, 1.165) is 29.0 Å². The molecule has 5 heteroatoms. The maximum absolute atomic E-state index is 13.5. The molecule has 2 aliphatic rings. The predicted octanol–water partition coefficient (Wildman–Crippen LogP) is 6.27. The summed E-state index contributed by atoms with van der Waals surface area (Å²) in [6.07, 6.45) is 4.96. The Bertz CT molecular complexity index is 777. The van der Waals surface area contributed by atoms with E-state index in [1.807, 2.05) is 38.1 Å². The summed E-state index contributed by atoms with van der Waals surface area (Å²) < 4.78 is 27.0. The van der Waals surface area contributed by atoms with Crippen molar-refractivity contribution in [2.75, 3.05) is 0 Å². The molecule has 0 saturated heterocycles. The zero-order valence-corrected chi connectivity index (χ0v) is 17.9. The number of benzene rings is 1. The summed E-state index contributed by atoms with van der Waals surface area (Å²) in [6, 6.07) is 5.91. The fourth-order valence-electron chi connectivity index (χ4n) is 5.05. The van der Waals surface area contributed by atoms with E-state index >= 15 is 0 Å². The van der Waals surface area contributed by atoms with E-state index in [9.17, 15) is 13.6 Å². The van der Waals surface area contributed by atoms with Gasteiger partial charge in [-0.05, 0) is 73.6 Å². The van der Waals surface area contributed by atoms with Gasteiger partial charge in [0.05, 0.1) is 5.54 Å². The number of hydrogen-bond acceptors (Lipinski definition) is 1. The Balaban J connectivity index is 1.88. The van der Waals surface area contributed by atoms with E-state index in [-0.39, 0.29) is 24.7 Å². The van der Waals surface area contributed by atoms with Crippen LogP contribution in [0.1, 0.15) is 64.5 Å². The largest absolute Gasteiger partial charge is 0.343 e. The molecule has 2 nitrogen and oxygen atoms in total. The van der Waals surface area contributed by atoms with Crippen LogP contribution in [0.15, 0.2) is 29.8 Å². The van der Waals surface area contributed by atoms with E-state index < -0.39 is 11.5 Å². The highest BCUT2D eigenvalue weighted by molar-refractivity contribution is 6.31. The van der Waals surface area contributed by atoms with Gasteiger partial charge in [0.2, 0.25) is 11.8 Å². The molecule has 0 aliphatic heterocycles.